The highest BCUT2D eigenvalue weighted by Gasteiger charge is 2.26. The van der Waals surface area contributed by atoms with Crippen LogP contribution in [-0.2, 0) is 4.74 Å². The quantitative estimate of drug-likeness (QED) is 0.907. The van der Waals surface area contributed by atoms with Crippen LogP contribution in [0.15, 0.2) is 12.3 Å². The number of hydrogen-bond acceptors (Lipinski definition) is 4. The molecule has 5 nitrogen and oxygen atoms in total. The van der Waals surface area contributed by atoms with Crippen molar-refractivity contribution in [2.24, 2.45) is 0 Å². The summed E-state index contributed by atoms with van der Waals surface area (Å²) >= 11 is 6.11. The van der Waals surface area contributed by atoms with Crippen LogP contribution in [0.4, 0.5) is 5.82 Å². The van der Waals surface area contributed by atoms with Gasteiger partial charge in [0.1, 0.15) is 5.82 Å². The van der Waals surface area contributed by atoms with Gasteiger partial charge < -0.3 is 15.0 Å². The third-order valence-electron chi connectivity index (χ3n) is 3.42. The second-order valence-corrected chi connectivity index (χ2v) is 5.32. The number of halogens is 1. The Hall–Kier alpha value is -1.33. The van der Waals surface area contributed by atoms with Crippen molar-refractivity contribution in [1.82, 2.24) is 9.88 Å². The summed E-state index contributed by atoms with van der Waals surface area (Å²) in [5.74, 6) is 0.586. The predicted molar refractivity (Wildman–Crippen MR) is 79.3 cm³/mol. The average Bonchev–Trinajstić information content (AvgIpc) is 2.99. The van der Waals surface area contributed by atoms with Crippen LogP contribution in [0.3, 0.4) is 0 Å². The maximum atomic E-state index is 12.5. The van der Waals surface area contributed by atoms with Crippen molar-refractivity contribution in [2.45, 2.75) is 25.8 Å². The fourth-order valence-electron chi connectivity index (χ4n) is 2.14. The first-order chi connectivity index (χ1) is 9.63. The first-order valence-electron chi connectivity index (χ1n) is 6.87. The lowest BCUT2D eigenvalue weighted by Gasteiger charge is -2.23. The van der Waals surface area contributed by atoms with Crippen molar-refractivity contribution in [2.75, 3.05) is 32.1 Å². The van der Waals surface area contributed by atoms with Gasteiger partial charge in [0, 0.05) is 26.4 Å². The molecule has 0 saturated carbocycles. The van der Waals surface area contributed by atoms with Crippen LogP contribution in [0.5, 0.6) is 0 Å². The number of ether oxygens (including phenoxy) is 1. The van der Waals surface area contributed by atoms with Crippen LogP contribution in [-0.4, -0.2) is 48.6 Å². The van der Waals surface area contributed by atoms with E-state index in [0.29, 0.717) is 29.6 Å². The van der Waals surface area contributed by atoms with E-state index in [0.717, 1.165) is 19.4 Å². The van der Waals surface area contributed by atoms with Crippen molar-refractivity contribution >= 4 is 23.3 Å². The zero-order valence-electron chi connectivity index (χ0n) is 11.9. The second kappa shape index (κ2) is 6.90. The Bertz CT molecular complexity index is 475. The van der Waals surface area contributed by atoms with Gasteiger partial charge in [-0.05, 0) is 18.9 Å². The maximum Gasteiger partial charge on any atom is 0.255 e. The third kappa shape index (κ3) is 3.41. The van der Waals surface area contributed by atoms with Crippen LogP contribution in [0.25, 0.3) is 0 Å². The molecule has 1 aromatic heterocycles. The lowest BCUT2D eigenvalue weighted by molar-refractivity contribution is 0.0711. The first kappa shape index (κ1) is 15.1. The summed E-state index contributed by atoms with van der Waals surface area (Å²) in [5, 5.41) is 3.54. The molecule has 0 bridgehead atoms. The molecule has 1 amide bonds. The molecule has 2 rings (SSSR count). The van der Waals surface area contributed by atoms with Crippen LogP contribution in [0.2, 0.25) is 5.02 Å². The Morgan fingerprint density at radius 3 is 3.10 bits per heavy atom. The number of rotatable bonds is 5. The molecule has 1 aliphatic heterocycles. The Labute approximate surface area is 124 Å². The zero-order chi connectivity index (χ0) is 14.5. The zero-order valence-corrected chi connectivity index (χ0v) is 12.6. The first-order valence-corrected chi connectivity index (χ1v) is 7.25. The summed E-state index contributed by atoms with van der Waals surface area (Å²) in [6.07, 6.45) is 3.38. The van der Waals surface area contributed by atoms with E-state index in [1.165, 1.54) is 6.20 Å². The smallest absolute Gasteiger partial charge is 0.255 e. The highest BCUT2D eigenvalue weighted by Crippen LogP contribution is 2.22. The molecule has 20 heavy (non-hydrogen) atoms. The second-order valence-electron chi connectivity index (χ2n) is 4.91. The predicted octanol–water partition coefficient (Wildman–Crippen LogP) is 2.42. The number of aromatic nitrogens is 1. The van der Waals surface area contributed by atoms with E-state index in [9.17, 15) is 4.79 Å². The highest BCUT2D eigenvalue weighted by molar-refractivity contribution is 6.33. The summed E-state index contributed by atoms with van der Waals surface area (Å²) in [5.41, 5.74) is 0.481. The van der Waals surface area contributed by atoms with Gasteiger partial charge in [0.15, 0.2) is 0 Å². The largest absolute Gasteiger partial charge is 0.379 e. The normalized spacial score (nSPS) is 18.1. The summed E-state index contributed by atoms with van der Waals surface area (Å²) in [6, 6.07) is 1.84. The molecule has 110 valence electrons. The number of nitrogens with one attached hydrogen (secondary N) is 1. The minimum absolute atomic E-state index is 0.0903. The van der Waals surface area contributed by atoms with Gasteiger partial charge in [-0.1, -0.05) is 18.5 Å². The standard InChI is InChI=1S/C14H20ClN3O2/c1-3-5-16-13-7-11(12(15)8-17-13)14(19)18(2)10-4-6-20-9-10/h7-8,10H,3-6,9H2,1-2H3,(H,16,17). The summed E-state index contributed by atoms with van der Waals surface area (Å²) < 4.78 is 5.32. The van der Waals surface area contributed by atoms with E-state index in [-0.39, 0.29) is 11.9 Å². The topological polar surface area (TPSA) is 54.5 Å². The van der Waals surface area contributed by atoms with Crippen LogP contribution in [0.1, 0.15) is 30.1 Å². The highest BCUT2D eigenvalue weighted by atomic mass is 35.5. The molecule has 1 fully saturated rings. The van der Waals surface area contributed by atoms with Gasteiger partial charge in [-0.2, -0.15) is 0 Å². The lowest BCUT2D eigenvalue weighted by Crippen LogP contribution is -2.37. The van der Waals surface area contributed by atoms with E-state index in [4.69, 9.17) is 16.3 Å². The minimum atomic E-state index is -0.0903. The molecule has 0 aromatic carbocycles. The Morgan fingerprint density at radius 1 is 1.65 bits per heavy atom. The number of anilines is 1. The van der Waals surface area contributed by atoms with Crippen LogP contribution < -0.4 is 5.32 Å². The number of amides is 1. The number of likely N-dealkylation sites (N-methyl/N-ethyl adjacent to an activating group) is 1. The van der Waals surface area contributed by atoms with Crippen molar-refractivity contribution < 1.29 is 9.53 Å². The monoisotopic (exact) mass is 297 g/mol. The van der Waals surface area contributed by atoms with E-state index < -0.39 is 0 Å². The SMILES string of the molecule is CCCNc1cc(C(=O)N(C)C2CCOC2)c(Cl)cn1. The number of carbonyl (C=O) groups is 1. The molecule has 2 heterocycles. The maximum absolute atomic E-state index is 12.5. The van der Waals surface area contributed by atoms with Crippen LogP contribution >= 0.6 is 11.6 Å². The molecule has 1 N–H and O–H groups in total. The molecule has 1 aliphatic rings. The van der Waals surface area contributed by atoms with Gasteiger partial charge in [0.2, 0.25) is 0 Å². The number of hydrogen-bond donors (Lipinski definition) is 1. The number of pyridine rings is 1. The van der Waals surface area contributed by atoms with Crippen molar-refractivity contribution in [3.63, 3.8) is 0 Å². The molecule has 6 heteroatoms. The Balaban J connectivity index is 2.15. The third-order valence-corrected chi connectivity index (χ3v) is 3.72. The number of carbonyl (C=O) groups excluding carboxylic acids is 1. The van der Waals surface area contributed by atoms with Crippen molar-refractivity contribution in [1.29, 1.82) is 0 Å². The van der Waals surface area contributed by atoms with E-state index in [2.05, 4.69) is 17.2 Å². The molecular formula is C14H20ClN3O2. The van der Waals surface area contributed by atoms with Crippen molar-refractivity contribution in [3.8, 4) is 0 Å². The lowest BCUT2D eigenvalue weighted by atomic mass is 10.1. The molecule has 1 saturated heterocycles. The summed E-state index contributed by atoms with van der Waals surface area (Å²) in [4.78, 5) is 18.4. The van der Waals surface area contributed by atoms with E-state index in [1.54, 1.807) is 18.0 Å². The minimum Gasteiger partial charge on any atom is -0.379 e. The van der Waals surface area contributed by atoms with Gasteiger partial charge in [-0.15, -0.1) is 0 Å². The molecule has 0 aliphatic carbocycles. The fourth-order valence-corrected chi connectivity index (χ4v) is 2.32. The van der Waals surface area contributed by atoms with Gasteiger partial charge in [0.05, 0.1) is 23.2 Å². The van der Waals surface area contributed by atoms with E-state index in [1.807, 2.05) is 0 Å². The molecule has 0 spiro atoms. The molecular weight excluding hydrogens is 278 g/mol. The average molecular weight is 298 g/mol. The Morgan fingerprint density at radius 2 is 2.45 bits per heavy atom. The summed E-state index contributed by atoms with van der Waals surface area (Å²) in [7, 11) is 1.79. The fraction of sp³-hybridized carbons (Fsp3) is 0.571. The molecule has 1 atom stereocenters. The van der Waals surface area contributed by atoms with Gasteiger partial charge in [-0.3, -0.25) is 4.79 Å². The van der Waals surface area contributed by atoms with Gasteiger partial charge in [-0.25, -0.2) is 4.98 Å². The van der Waals surface area contributed by atoms with Gasteiger partial charge >= 0.3 is 0 Å². The molecule has 1 aromatic rings. The van der Waals surface area contributed by atoms with Gasteiger partial charge in [0.25, 0.3) is 5.91 Å². The van der Waals surface area contributed by atoms with Crippen LogP contribution in [0, 0.1) is 0 Å². The Kier molecular flexibility index (Phi) is 5.20. The molecule has 1 unspecified atom stereocenters. The number of nitrogens with zero attached hydrogens (tertiary/aromatic N) is 2. The summed E-state index contributed by atoms with van der Waals surface area (Å²) in [6.45, 7) is 4.18. The van der Waals surface area contributed by atoms with Crippen molar-refractivity contribution in [3.05, 3.63) is 22.8 Å². The molecule has 0 radical (unpaired) electrons. The van der Waals surface area contributed by atoms with E-state index >= 15 is 0 Å².